The van der Waals surface area contributed by atoms with Crippen LogP contribution in [0.1, 0.15) is 24.5 Å². The molecule has 1 aromatic carbocycles. The maximum atomic E-state index is 2.38. The molecule has 0 bridgehead atoms. The van der Waals surface area contributed by atoms with Crippen molar-refractivity contribution in [2.24, 2.45) is 0 Å². The highest BCUT2D eigenvalue weighted by molar-refractivity contribution is 5.86. The van der Waals surface area contributed by atoms with E-state index < -0.39 is 0 Å². The normalized spacial score (nSPS) is 11.6. The Hall–Kier alpha value is -1.28. The summed E-state index contributed by atoms with van der Waals surface area (Å²) in [6.45, 7) is 6.63. The molecule has 2 nitrogen and oxygen atoms in total. The van der Waals surface area contributed by atoms with E-state index in [9.17, 15) is 0 Å². The third kappa shape index (κ3) is 2.59. The van der Waals surface area contributed by atoms with Gasteiger partial charge >= 0.3 is 0 Å². The van der Waals surface area contributed by atoms with E-state index in [1.165, 1.54) is 34.9 Å². The van der Waals surface area contributed by atoms with Crippen LogP contribution in [-0.4, -0.2) is 30.1 Å². The van der Waals surface area contributed by atoms with E-state index in [1.54, 1.807) is 0 Å². The van der Waals surface area contributed by atoms with Crippen molar-refractivity contribution in [1.82, 2.24) is 9.47 Å². The number of benzene rings is 1. The topological polar surface area (TPSA) is 8.17 Å². The maximum Gasteiger partial charge on any atom is 0.0512 e. The lowest BCUT2D eigenvalue weighted by Gasteiger charge is -2.08. The fraction of sp³-hybridized carbons (Fsp3) is 0.500. The fourth-order valence-corrected chi connectivity index (χ4v) is 2.66. The number of fused-ring (bicyclic) bond motifs is 1. The summed E-state index contributed by atoms with van der Waals surface area (Å²) in [5.74, 6) is 0. The minimum atomic E-state index is 1.05. The van der Waals surface area contributed by atoms with Crippen molar-refractivity contribution in [3.8, 4) is 0 Å². The lowest BCUT2D eigenvalue weighted by atomic mass is 10.1. The summed E-state index contributed by atoms with van der Waals surface area (Å²) in [5, 5.41) is 1.44. The van der Waals surface area contributed by atoms with Crippen molar-refractivity contribution in [3.05, 3.63) is 35.5 Å². The minimum absolute atomic E-state index is 1.05. The van der Waals surface area contributed by atoms with E-state index in [1.807, 2.05) is 0 Å². The highest BCUT2D eigenvalue weighted by Crippen LogP contribution is 2.25. The Bertz CT molecular complexity index is 523. The first-order valence-electron chi connectivity index (χ1n) is 6.85. The number of rotatable bonds is 5. The van der Waals surface area contributed by atoms with Gasteiger partial charge in [0.15, 0.2) is 0 Å². The molecule has 0 aliphatic heterocycles. The summed E-state index contributed by atoms with van der Waals surface area (Å²) in [6.07, 6.45) is 4.74. The number of hydrogen-bond donors (Lipinski definition) is 0. The highest BCUT2D eigenvalue weighted by Gasteiger charge is 2.09. The van der Waals surface area contributed by atoms with Crippen LogP contribution in [0.3, 0.4) is 0 Å². The number of hydrogen-bond acceptors (Lipinski definition) is 1. The van der Waals surface area contributed by atoms with Crippen LogP contribution >= 0.6 is 0 Å². The summed E-state index contributed by atoms with van der Waals surface area (Å²) >= 11 is 0. The van der Waals surface area contributed by atoms with E-state index >= 15 is 0 Å². The van der Waals surface area contributed by atoms with Crippen LogP contribution in [0.2, 0.25) is 0 Å². The molecule has 0 amide bonds. The maximum absolute atomic E-state index is 2.38. The van der Waals surface area contributed by atoms with Gasteiger partial charge in [-0.15, -0.1) is 0 Å². The van der Waals surface area contributed by atoms with Crippen LogP contribution in [0.25, 0.3) is 10.9 Å². The number of nitrogens with zero attached hydrogens (tertiary/aromatic N) is 2. The second-order valence-corrected chi connectivity index (χ2v) is 5.32. The van der Waals surface area contributed by atoms with Crippen molar-refractivity contribution in [3.63, 3.8) is 0 Å². The Kier molecular flexibility index (Phi) is 4.07. The Labute approximate surface area is 110 Å². The molecule has 0 saturated carbocycles. The number of aromatic nitrogens is 1. The van der Waals surface area contributed by atoms with Gasteiger partial charge in [0.2, 0.25) is 0 Å². The van der Waals surface area contributed by atoms with Gasteiger partial charge in [-0.1, -0.05) is 18.2 Å². The monoisotopic (exact) mass is 244 g/mol. The Morgan fingerprint density at radius 2 is 2.00 bits per heavy atom. The molecule has 2 rings (SSSR count). The molecule has 0 N–H and O–H groups in total. The summed E-state index contributed by atoms with van der Waals surface area (Å²) < 4.78 is 2.38. The third-order valence-electron chi connectivity index (χ3n) is 3.57. The first kappa shape index (κ1) is 13.2. The molecule has 1 heterocycles. The van der Waals surface area contributed by atoms with Gasteiger partial charge in [0.05, 0.1) is 5.52 Å². The van der Waals surface area contributed by atoms with Crippen LogP contribution in [0.4, 0.5) is 0 Å². The van der Waals surface area contributed by atoms with Crippen LogP contribution < -0.4 is 0 Å². The van der Waals surface area contributed by atoms with Crippen molar-refractivity contribution in [1.29, 1.82) is 0 Å². The van der Waals surface area contributed by atoms with Gasteiger partial charge in [-0.3, -0.25) is 0 Å². The van der Waals surface area contributed by atoms with E-state index in [-0.39, 0.29) is 0 Å². The lowest BCUT2D eigenvalue weighted by Crippen LogP contribution is -2.13. The van der Waals surface area contributed by atoms with Gasteiger partial charge in [0, 0.05) is 18.1 Å². The van der Waals surface area contributed by atoms with E-state index in [4.69, 9.17) is 0 Å². The summed E-state index contributed by atoms with van der Waals surface area (Å²) in [4.78, 5) is 2.25. The molecular formula is C16H24N2. The molecule has 2 aromatic rings. The van der Waals surface area contributed by atoms with Gasteiger partial charge < -0.3 is 9.47 Å². The highest BCUT2D eigenvalue weighted by atomic mass is 15.0. The average molecular weight is 244 g/mol. The first-order chi connectivity index (χ1) is 8.63. The quantitative estimate of drug-likeness (QED) is 0.782. The van der Waals surface area contributed by atoms with Gasteiger partial charge in [0.1, 0.15) is 0 Å². The van der Waals surface area contributed by atoms with Crippen molar-refractivity contribution in [2.45, 2.75) is 33.2 Å². The third-order valence-corrected chi connectivity index (χ3v) is 3.57. The Morgan fingerprint density at radius 3 is 2.67 bits per heavy atom. The van der Waals surface area contributed by atoms with E-state index in [0.717, 1.165) is 13.1 Å². The first-order valence-corrected chi connectivity index (χ1v) is 6.85. The second-order valence-electron chi connectivity index (χ2n) is 5.32. The molecule has 0 fully saturated rings. The average Bonchev–Trinajstić information content (AvgIpc) is 2.69. The smallest absolute Gasteiger partial charge is 0.0512 e. The van der Waals surface area contributed by atoms with Crippen LogP contribution in [0.5, 0.6) is 0 Å². The SMILES string of the molecule is CCn1cc(CCCN(C)C)c2cccc(C)c21. The zero-order valence-electron chi connectivity index (χ0n) is 12.0. The molecule has 0 aliphatic carbocycles. The molecule has 2 heteroatoms. The minimum Gasteiger partial charge on any atom is -0.347 e. The molecule has 98 valence electrons. The largest absolute Gasteiger partial charge is 0.347 e. The van der Waals surface area contributed by atoms with E-state index in [2.05, 4.69) is 61.8 Å². The molecule has 0 saturated heterocycles. The second kappa shape index (κ2) is 5.57. The Balaban J connectivity index is 2.31. The number of aryl methyl sites for hydroxylation is 3. The molecule has 0 atom stereocenters. The standard InChI is InChI=1S/C16H24N2/c1-5-18-12-14(9-7-11-17(3)4)15-10-6-8-13(2)16(15)18/h6,8,10,12H,5,7,9,11H2,1-4H3. The summed E-state index contributed by atoms with van der Waals surface area (Å²) in [6, 6.07) is 6.64. The van der Waals surface area contributed by atoms with Crippen molar-refractivity contribution >= 4 is 10.9 Å². The van der Waals surface area contributed by atoms with Gasteiger partial charge in [0.25, 0.3) is 0 Å². The van der Waals surface area contributed by atoms with Gasteiger partial charge in [-0.25, -0.2) is 0 Å². The molecular weight excluding hydrogens is 220 g/mol. The van der Waals surface area contributed by atoms with E-state index in [0.29, 0.717) is 0 Å². The predicted molar refractivity (Wildman–Crippen MR) is 79.2 cm³/mol. The van der Waals surface area contributed by atoms with Crippen LogP contribution in [-0.2, 0) is 13.0 Å². The molecule has 18 heavy (non-hydrogen) atoms. The van der Waals surface area contributed by atoms with Crippen LogP contribution in [0.15, 0.2) is 24.4 Å². The zero-order valence-corrected chi connectivity index (χ0v) is 12.0. The molecule has 1 aromatic heterocycles. The summed E-state index contributed by atoms with van der Waals surface area (Å²) in [5.41, 5.74) is 4.30. The molecule has 0 aliphatic rings. The van der Waals surface area contributed by atoms with Crippen molar-refractivity contribution in [2.75, 3.05) is 20.6 Å². The molecule has 0 spiro atoms. The van der Waals surface area contributed by atoms with Crippen molar-refractivity contribution < 1.29 is 0 Å². The molecule has 0 unspecified atom stereocenters. The lowest BCUT2D eigenvalue weighted by molar-refractivity contribution is 0.400. The van der Waals surface area contributed by atoms with Gasteiger partial charge in [-0.2, -0.15) is 0 Å². The molecule has 0 radical (unpaired) electrons. The fourth-order valence-electron chi connectivity index (χ4n) is 2.66. The summed E-state index contributed by atoms with van der Waals surface area (Å²) in [7, 11) is 4.28. The van der Waals surface area contributed by atoms with Crippen LogP contribution in [0, 0.1) is 6.92 Å². The number of para-hydroxylation sites is 1. The Morgan fingerprint density at radius 1 is 1.22 bits per heavy atom. The zero-order chi connectivity index (χ0) is 13.1. The predicted octanol–water partition coefficient (Wildman–Crippen LogP) is 3.46. The van der Waals surface area contributed by atoms with Gasteiger partial charge in [-0.05, 0) is 58.5 Å².